The molecule has 20 heavy (non-hydrogen) atoms. The third-order valence-electron chi connectivity index (χ3n) is 2.66. The lowest BCUT2D eigenvalue weighted by Crippen LogP contribution is -2.12. The van der Waals surface area contributed by atoms with Gasteiger partial charge in [0.15, 0.2) is 0 Å². The third-order valence-corrected chi connectivity index (χ3v) is 2.99. The predicted octanol–water partition coefficient (Wildman–Crippen LogP) is 3.45. The molecule has 0 saturated carbocycles. The highest BCUT2D eigenvalue weighted by Crippen LogP contribution is 2.23. The molecule has 1 amide bonds. The summed E-state index contributed by atoms with van der Waals surface area (Å²) in [4.78, 5) is 11.8. The van der Waals surface area contributed by atoms with Crippen LogP contribution in [0.4, 0.5) is 5.69 Å². The van der Waals surface area contributed by atoms with Gasteiger partial charge in [-0.1, -0.05) is 37.3 Å². The molecule has 0 aliphatic rings. The van der Waals surface area contributed by atoms with Crippen LogP contribution < -0.4 is 5.32 Å². The van der Waals surface area contributed by atoms with E-state index in [0.29, 0.717) is 29.5 Å². The summed E-state index contributed by atoms with van der Waals surface area (Å²) in [6.45, 7) is 4.20. The maximum atomic E-state index is 11.8. The normalized spacial score (nSPS) is 10.1. The van der Waals surface area contributed by atoms with Crippen molar-refractivity contribution < 1.29 is 9.90 Å². The van der Waals surface area contributed by atoms with Crippen LogP contribution >= 0.6 is 11.6 Å². The summed E-state index contributed by atoms with van der Waals surface area (Å²) >= 11 is 6.06. The molecule has 1 aromatic rings. The van der Waals surface area contributed by atoms with Gasteiger partial charge in [-0.25, -0.2) is 0 Å². The zero-order valence-corrected chi connectivity index (χ0v) is 12.6. The van der Waals surface area contributed by atoms with E-state index >= 15 is 0 Å². The second-order valence-corrected chi connectivity index (χ2v) is 5.36. The van der Waals surface area contributed by atoms with Crippen molar-refractivity contribution in [3.8, 4) is 11.8 Å². The van der Waals surface area contributed by atoms with Gasteiger partial charge in [0.1, 0.15) is 0 Å². The van der Waals surface area contributed by atoms with E-state index in [0.717, 1.165) is 12.0 Å². The molecular formula is C16H20ClNO2. The van der Waals surface area contributed by atoms with Crippen LogP contribution in [-0.2, 0) is 4.79 Å². The Balaban J connectivity index is 2.72. The number of carbonyl (C=O) groups excluding carboxylic acids is 1. The first-order chi connectivity index (χ1) is 9.52. The summed E-state index contributed by atoms with van der Waals surface area (Å²) < 4.78 is 0. The minimum Gasteiger partial charge on any atom is -0.395 e. The van der Waals surface area contributed by atoms with Gasteiger partial charge < -0.3 is 10.4 Å². The number of halogens is 1. The number of nitrogens with one attached hydrogen (secondary N) is 1. The van der Waals surface area contributed by atoms with Gasteiger partial charge >= 0.3 is 0 Å². The lowest BCUT2D eigenvalue weighted by molar-refractivity contribution is -0.116. The molecule has 0 heterocycles. The molecule has 0 aliphatic heterocycles. The van der Waals surface area contributed by atoms with Crippen molar-refractivity contribution in [2.24, 2.45) is 5.92 Å². The van der Waals surface area contributed by atoms with Gasteiger partial charge in [-0.05, 0) is 30.5 Å². The predicted molar refractivity (Wildman–Crippen MR) is 82.7 cm³/mol. The van der Waals surface area contributed by atoms with Gasteiger partial charge in [-0.15, -0.1) is 0 Å². The molecule has 0 spiro atoms. The first kappa shape index (κ1) is 16.6. The van der Waals surface area contributed by atoms with Crippen molar-refractivity contribution in [2.75, 3.05) is 11.9 Å². The molecule has 0 radical (unpaired) electrons. The molecule has 1 aromatic carbocycles. The SMILES string of the molecule is CC(C)CCC(=O)Nc1cc(C#CCCO)ccc1Cl. The zero-order valence-electron chi connectivity index (χ0n) is 11.9. The molecule has 0 bridgehead atoms. The zero-order chi connectivity index (χ0) is 15.0. The Hall–Kier alpha value is -1.50. The fraction of sp³-hybridized carbons (Fsp3) is 0.438. The second-order valence-electron chi connectivity index (χ2n) is 4.95. The molecule has 1 rings (SSSR count). The number of carbonyl (C=O) groups is 1. The summed E-state index contributed by atoms with van der Waals surface area (Å²) in [6.07, 6.45) is 1.76. The van der Waals surface area contributed by atoms with Crippen LogP contribution in [0, 0.1) is 17.8 Å². The molecule has 0 fully saturated rings. The fourth-order valence-electron chi connectivity index (χ4n) is 1.55. The smallest absolute Gasteiger partial charge is 0.224 e. The first-order valence-electron chi connectivity index (χ1n) is 6.72. The molecule has 0 atom stereocenters. The molecule has 2 N–H and O–H groups in total. The number of amides is 1. The molecule has 0 unspecified atom stereocenters. The van der Waals surface area contributed by atoms with E-state index in [9.17, 15) is 4.79 Å². The van der Waals surface area contributed by atoms with E-state index in [1.165, 1.54) is 0 Å². The van der Waals surface area contributed by atoms with Crippen LogP contribution in [0.2, 0.25) is 5.02 Å². The lowest BCUT2D eigenvalue weighted by atomic mass is 10.1. The van der Waals surface area contributed by atoms with Crippen LogP contribution in [0.1, 0.15) is 38.7 Å². The average Bonchev–Trinajstić information content (AvgIpc) is 2.40. The first-order valence-corrected chi connectivity index (χ1v) is 7.10. The van der Waals surface area contributed by atoms with Crippen molar-refractivity contribution >= 4 is 23.2 Å². The minimum absolute atomic E-state index is 0.0407. The highest BCUT2D eigenvalue weighted by molar-refractivity contribution is 6.33. The summed E-state index contributed by atoms with van der Waals surface area (Å²) in [5.74, 6) is 6.20. The summed E-state index contributed by atoms with van der Waals surface area (Å²) in [6, 6.07) is 5.25. The summed E-state index contributed by atoms with van der Waals surface area (Å²) in [7, 11) is 0. The van der Waals surface area contributed by atoms with Gasteiger partial charge in [0.2, 0.25) is 5.91 Å². The van der Waals surface area contributed by atoms with Gasteiger partial charge in [-0.2, -0.15) is 0 Å². The van der Waals surface area contributed by atoms with Crippen LogP contribution in [0.3, 0.4) is 0 Å². The Morgan fingerprint density at radius 1 is 1.45 bits per heavy atom. The van der Waals surface area contributed by atoms with Crippen molar-refractivity contribution in [1.82, 2.24) is 0 Å². The second kappa shape index (κ2) is 8.63. The van der Waals surface area contributed by atoms with Crippen LogP contribution in [0.5, 0.6) is 0 Å². The Bertz CT molecular complexity index is 515. The van der Waals surface area contributed by atoms with E-state index in [1.54, 1.807) is 18.2 Å². The number of rotatable bonds is 5. The topological polar surface area (TPSA) is 49.3 Å². The van der Waals surface area contributed by atoms with E-state index < -0.39 is 0 Å². The molecule has 0 aromatic heterocycles. The Labute approximate surface area is 125 Å². The number of anilines is 1. The van der Waals surface area contributed by atoms with Gasteiger partial charge in [0, 0.05) is 18.4 Å². The fourth-order valence-corrected chi connectivity index (χ4v) is 1.72. The van der Waals surface area contributed by atoms with Crippen molar-refractivity contribution in [1.29, 1.82) is 0 Å². The van der Waals surface area contributed by atoms with E-state index in [4.69, 9.17) is 16.7 Å². The third kappa shape index (κ3) is 6.10. The summed E-state index contributed by atoms with van der Waals surface area (Å²) in [5.41, 5.74) is 1.35. The quantitative estimate of drug-likeness (QED) is 0.817. The summed E-state index contributed by atoms with van der Waals surface area (Å²) in [5, 5.41) is 12.0. The van der Waals surface area contributed by atoms with Crippen molar-refractivity contribution in [3.63, 3.8) is 0 Å². The maximum absolute atomic E-state index is 11.8. The van der Waals surface area contributed by atoms with E-state index in [1.807, 2.05) is 0 Å². The molecule has 0 aliphatic carbocycles. The standard InChI is InChI=1S/C16H20ClNO2/c1-12(2)6-9-16(20)18-15-11-13(5-3-4-10-19)7-8-14(15)17/h7-8,11-12,19H,4,6,9-10H2,1-2H3,(H,18,20). The number of hydrogen-bond donors (Lipinski definition) is 2. The van der Waals surface area contributed by atoms with E-state index in [2.05, 4.69) is 31.0 Å². The number of aliphatic hydroxyl groups excluding tert-OH is 1. The Morgan fingerprint density at radius 3 is 2.85 bits per heavy atom. The van der Waals surface area contributed by atoms with Crippen LogP contribution in [0.25, 0.3) is 0 Å². The van der Waals surface area contributed by atoms with Gasteiger partial charge in [-0.3, -0.25) is 4.79 Å². The van der Waals surface area contributed by atoms with Crippen LogP contribution in [0.15, 0.2) is 18.2 Å². The molecule has 0 saturated heterocycles. The van der Waals surface area contributed by atoms with Gasteiger partial charge in [0.25, 0.3) is 0 Å². The average molecular weight is 294 g/mol. The molecule has 3 nitrogen and oxygen atoms in total. The van der Waals surface area contributed by atoms with E-state index in [-0.39, 0.29) is 12.5 Å². The number of aliphatic hydroxyl groups is 1. The maximum Gasteiger partial charge on any atom is 0.224 e. The minimum atomic E-state index is -0.0407. The highest BCUT2D eigenvalue weighted by Gasteiger charge is 2.07. The largest absolute Gasteiger partial charge is 0.395 e. The Morgan fingerprint density at radius 2 is 2.20 bits per heavy atom. The number of hydrogen-bond acceptors (Lipinski definition) is 2. The Kier molecular flexibility index (Phi) is 7.14. The highest BCUT2D eigenvalue weighted by atomic mass is 35.5. The molecule has 4 heteroatoms. The van der Waals surface area contributed by atoms with Crippen molar-refractivity contribution in [3.05, 3.63) is 28.8 Å². The molecule has 108 valence electrons. The number of benzene rings is 1. The molecular weight excluding hydrogens is 274 g/mol. The monoisotopic (exact) mass is 293 g/mol. The lowest BCUT2D eigenvalue weighted by Gasteiger charge is -2.09. The van der Waals surface area contributed by atoms with Crippen LogP contribution in [-0.4, -0.2) is 17.6 Å². The van der Waals surface area contributed by atoms with Crippen molar-refractivity contribution in [2.45, 2.75) is 33.1 Å². The van der Waals surface area contributed by atoms with Gasteiger partial charge in [0.05, 0.1) is 17.3 Å².